The van der Waals surface area contributed by atoms with Gasteiger partial charge in [0.1, 0.15) is 0 Å². The molecule has 0 radical (unpaired) electrons. The van der Waals surface area contributed by atoms with Crippen LogP contribution in [0, 0.1) is 11.3 Å². The molecule has 3 unspecified atom stereocenters. The second kappa shape index (κ2) is 5.27. The monoisotopic (exact) mass is 240 g/mol. The number of nitrogens with zero attached hydrogens (tertiary/aromatic N) is 1. The zero-order valence-corrected chi connectivity index (χ0v) is 12.7. The largest absolute Gasteiger partial charge is 0.324 e. The summed E-state index contributed by atoms with van der Waals surface area (Å²) in [5, 5.41) is 0. The minimum Gasteiger partial charge on any atom is -0.324 e. The van der Waals surface area contributed by atoms with Crippen molar-refractivity contribution in [3.8, 4) is 0 Å². The molecule has 0 heterocycles. The van der Waals surface area contributed by atoms with Gasteiger partial charge in [-0.25, -0.2) is 0 Å². The zero-order chi connectivity index (χ0) is 13.3. The Kier molecular flexibility index (Phi) is 4.65. The molecule has 2 nitrogen and oxygen atoms in total. The van der Waals surface area contributed by atoms with Gasteiger partial charge in [0, 0.05) is 18.1 Å². The Bertz CT molecular complexity index is 244. The summed E-state index contributed by atoms with van der Waals surface area (Å²) in [6.07, 6.45) is 5.04. The van der Waals surface area contributed by atoms with Gasteiger partial charge >= 0.3 is 0 Å². The van der Waals surface area contributed by atoms with Crippen LogP contribution in [0.1, 0.15) is 60.3 Å². The standard InChI is InChI=1S/C15H32N2/c1-12-8-7-9-15(16,10-12)11-17(6)13(2)14(3,4)5/h12-13H,7-11,16H2,1-6H3. The van der Waals surface area contributed by atoms with E-state index in [4.69, 9.17) is 5.73 Å². The molecule has 2 N–H and O–H groups in total. The molecule has 1 rings (SSSR count). The fraction of sp³-hybridized carbons (Fsp3) is 1.00. The zero-order valence-electron chi connectivity index (χ0n) is 12.7. The molecule has 3 atom stereocenters. The van der Waals surface area contributed by atoms with E-state index < -0.39 is 0 Å². The highest BCUT2D eigenvalue weighted by molar-refractivity contribution is 4.93. The van der Waals surface area contributed by atoms with Crippen molar-refractivity contribution in [1.82, 2.24) is 4.90 Å². The van der Waals surface area contributed by atoms with Gasteiger partial charge in [0.15, 0.2) is 0 Å². The number of hydrogen-bond donors (Lipinski definition) is 1. The third-order valence-corrected chi connectivity index (χ3v) is 4.61. The van der Waals surface area contributed by atoms with Gasteiger partial charge in [0.2, 0.25) is 0 Å². The molecule has 0 amide bonds. The van der Waals surface area contributed by atoms with Crippen LogP contribution in [-0.2, 0) is 0 Å². The van der Waals surface area contributed by atoms with E-state index in [2.05, 4.69) is 46.6 Å². The van der Waals surface area contributed by atoms with Crippen molar-refractivity contribution < 1.29 is 0 Å². The van der Waals surface area contributed by atoms with E-state index in [-0.39, 0.29) is 5.54 Å². The molecule has 1 fully saturated rings. The summed E-state index contributed by atoms with van der Waals surface area (Å²) < 4.78 is 0. The lowest BCUT2D eigenvalue weighted by atomic mass is 9.76. The molecular weight excluding hydrogens is 208 g/mol. The Morgan fingerprint density at radius 2 is 2.00 bits per heavy atom. The van der Waals surface area contributed by atoms with E-state index in [1.807, 2.05) is 0 Å². The van der Waals surface area contributed by atoms with Gasteiger partial charge in [-0.05, 0) is 38.1 Å². The number of hydrogen-bond acceptors (Lipinski definition) is 2. The van der Waals surface area contributed by atoms with Crippen LogP contribution >= 0.6 is 0 Å². The van der Waals surface area contributed by atoms with E-state index in [9.17, 15) is 0 Å². The summed E-state index contributed by atoms with van der Waals surface area (Å²) in [6.45, 7) is 12.6. The summed E-state index contributed by atoms with van der Waals surface area (Å²) in [5.74, 6) is 0.798. The molecule has 2 heteroatoms. The van der Waals surface area contributed by atoms with Crippen molar-refractivity contribution in [1.29, 1.82) is 0 Å². The molecular formula is C15H32N2. The molecule has 0 spiro atoms. The van der Waals surface area contributed by atoms with Gasteiger partial charge in [-0.2, -0.15) is 0 Å². The normalized spacial score (nSPS) is 32.8. The lowest BCUT2D eigenvalue weighted by Gasteiger charge is -2.43. The van der Waals surface area contributed by atoms with Crippen LogP contribution in [0.15, 0.2) is 0 Å². The van der Waals surface area contributed by atoms with Crippen LogP contribution in [0.4, 0.5) is 0 Å². The van der Waals surface area contributed by atoms with Crippen molar-refractivity contribution in [3.05, 3.63) is 0 Å². The molecule has 0 aromatic rings. The second-order valence-corrected chi connectivity index (χ2v) is 7.52. The Hall–Kier alpha value is -0.0800. The lowest BCUT2D eigenvalue weighted by Crippen LogP contribution is -2.55. The van der Waals surface area contributed by atoms with Crippen LogP contribution < -0.4 is 5.73 Å². The summed E-state index contributed by atoms with van der Waals surface area (Å²) in [7, 11) is 2.23. The highest BCUT2D eigenvalue weighted by Gasteiger charge is 2.34. The van der Waals surface area contributed by atoms with Gasteiger partial charge in [-0.1, -0.05) is 40.5 Å². The molecule has 0 aromatic heterocycles. The quantitative estimate of drug-likeness (QED) is 0.820. The average molecular weight is 240 g/mol. The molecule has 1 aliphatic carbocycles. The first-order valence-corrected chi connectivity index (χ1v) is 7.13. The predicted octanol–water partition coefficient (Wildman–Crippen LogP) is 3.26. The van der Waals surface area contributed by atoms with Crippen LogP contribution in [0.25, 0.3) is 0 Å². The van der Waals surface area contributed by atoms with E-state index in [0.29, 0.717) is 11.5 Å². The Labute approximate surface area is 108 Å². The number of rotatable bonds is 3. The van der Waals surface area contributed by atoms with Crippen molar-refractivity contribution in [3.63, 3.8) is 0 Å². The third-order valence-electron chi connectivity index (χ3n) is 4.61. The number of nitrogens with two attached hydrogens (primary N) is 1. The smallest absolute Gasteiger partial charge is 0.0285 e. The summed E-state index contributed by atoms with van der Waals surface area (Å²) in [5.41, 5.74) is 6.96. The fourth-order valence-corrected chi connectivity index (χ4v) is 3.14. The first-order valence-electron chi connectivity index (χ1n) is 7.13. The molecule has 17 heavy (non-hydrogen) atoms. The van der Waals surface area contributed by atoms with E-state index >= 15 is 0 Å². The maximum absolute atomic E-state index is 6.59. The van der Waals surface area contributed by atoms with Crippen molar-refractivity contribution in [2.45, 2.75) is 71.9 Å². The van der Waals surface area contributed by atoms with Crippen molar-refractivity contribution in [2.24, 2.45) is 17.1 Å². The van der Waals surface area contributed by atoms with Gasteiger partial charge in [0.25, 0.3) is 0 Å². The second-order valence-electron chi connectivity index (χ2n) is 7.52. The third kappa shape index (κ3) is 4.26. The maximum Gasteiger partial charge on any atom is 0.0285 e. The maximum atomic E-state index is 6.59. The topological polar surface area (TPSA) is 29.3 Å². The van der Waals surface area contributed by atoms with E-state index in [1.165, 1.54) is 25.7 Å². The molecule has 102 valence electrons. The Balaban J connectivity index is 2.58. The summed E-state index contributed by atoms with van der Waals surface area (Å²) in [6, 6.07) is 0.570. The van der Waals surface area contributed by atoms with Crippen LogP contribution in [0.3, 0.4) is 0 Å². The molecule has 0 saturated heterocycles. The number of likely N-dealkylation sites (N-methyl/N-ethyl adjacent to an activating group) is 1. The SMILES string of the molecule is CC1CCCC(N)(CN(C)C(C)C(C)(C)C)C1. The highest BCUT2D eigenvalue weighted by atomic mass is 15.2. The summed E-state index contributed by atoms with van der Waals surface area (Å²) in [4.78, 5) is 2.46. The van der Waals surface area contributed by atoms with Gasteiger partial charge < -0.3 is 10.6 Å². The summed E-state index contributed by atoms with van der Waals surface area (Å²) >= 11 is 0. The molecule has 0 aromatic carbocycles. The van der Waals surface area contributed by atoms with Crippen LogP contribution in [-0.4, -0.2) is 30.1 Å². The van der Waals surface area contributed by atoms with E-state index in [0.717, 1.165) is 12.5 Å². The van der Waals surface area contributed by atoms with Crippen molar-refractivity contribution in [2.75, 3.05) is 13.6 Å². The molecule has 0 aliphatic heterocycles. The first kappa shape index (κ1) is 15.0. The molecule has 1 saturated carbocycles. The van der Waals surface area contributed by atoms with Gasteiger partial charge in [-0.15, -0.1) is 0 Å². The van der Waals surface area contributed by atoms with Crippen LogP contribution in [0.5, 0.6) is 0 Å². The molecule has 1 aliphatic rings. The molecule has 0 bridgehead atoms. The average Bonchev–Trinajstić information content (AvgIpc) is 2.13. The minimum absolute atomic E-state index is 0.0475. The first-order chi connectivity index (χ1) is 7.64. The van der Waals surface area contributed by atoms with E-state index in [1.54, 1.807) is 0 Å². The highest BCUT2D eigenvalue weighted by Crippen LogP contribution is 2.32. The van der Waals surface area contributed by atoms with Gasteiger partial charge in [0.05, 0.1) is 0 Å². The fourth-order valence-electron chi connectivity index (χ4n) is 3.14. The lowest BCUT2D eigenvalue weighted by molar-refractivity contribution is 0.0917. The van der Waals surface area contributed by atoms with Crippen LogP contribution in [0.2, 0.25) is 0 Å². The Morgan fingerprint density at radius 3 is 2.47 bits per heavy atom. The van der Waals surface area contributed by atoms with Crippen molar-refractivity contribution >= 4 is 0 Å². The minimum atomic E-state index is 0.0475. The van der Waals surface area contributed by atoms with Gasteiger partial charge in [-0.3, -0.25) is 0 Å². The predicted molar refractivity (Wildman–Crippen MR) is 76.1 cm³/mol. The Morgan fingerprint density at radius 1 is 1.41 bits per heavy atom.